The normalized spacial score (nSPS) is 13.6. The van der Waals surface area contributed by atoms with Crippen molar-refractivity contribution in [3.05, 3.63) is 29.6 Å². The molecule has 0 aliphatic rings. The Labute approximate surface area is 126 Å². The molecule has 0 heterocycles. The third-order valence-electron chi connectivity index (χ3n) is 2.86. The van der Waals surface area contributed by atoms with Crippen LogP contribution in [-0.4, -0.2) is 46.5 Å². The van der Waals surface area contributed by atoms with Gasteiger partial charge in [-0.05, 0) is 45.3 Å². The van der Waals surface area contributed by atoms with Crippen molar-refractivity contribution >= 4 is 10.0 Å². The smallest absolute Gasteiger partial charge is 0.243 e. The summed E-state index contributed by atoms with van der Waals surface area (Å²) in [4.78, 5) is 1.56. The van der Waals surface area contributed by atoms with Gasteiger partial charge in [-0.3, -0.25) is 0 Å². The quantitative estimate of drug-likeness (QED) is 0.755. The van der Waals surface area contributed by atoms with Crippen LogP contribution in [0, 0.1) is 5.82 Å². The molecule has 1 atom stereocenters. The van der Waals surface area contributed by atoms with E-state index < -0.39 is 15.8 Å². The van der Waals surface area contributed by atoms with E-state index >= 15 is 0 Å². The van der Waals surface area contributed by atoms with Crippen LogP contribution in [-0.2, 0) is 16.6 Å². The third-order valence-corrected chi connectivity index (χ3v) is 4.46. The SMILES string of the molecule is CCNCc1ccc(F)c(S(=O)(=O)NC(C)CN(C)C)c1. The van der Waals surface area contributed by atoms with Crippen molar-refractivity contribution in [2.45, 2.75) is 31.3 Å². The first-order chi connectivity index (χ1) is 9.76. The van der Waals surface area contributed by atoms with Crippen LogP contribution in [0.5, 0.6) is 0 Å². The van der Waals surface area contributed by atoms with E-state index in [-0.39, 0.29) is 10.9 Å². The van der Waals surface area contributed by atoms with Gasteiger partial charge in [-0.1, -0.05) is 13.0 Å². The Morgan fingerprint density at radius 3 is 2.57 bits per heavy atom. The maximum Gasteiger partial charge on any atom is 0.243 e. The fourth-order valence-corrected chi connectivity index (χ4v) is 3.41. The van der Waals surface area contributed by atoms with E-state index in [4.69, 9.17) is 0 Å². The highest BCUT2D eigenvalue weighted by Gasteiger charge is 2.22. The number of hydrogen-bond donors (Lipinski definition) is 2. The summed E-state index contributed by atoms with van der Waals surface area (Å²) in [5.74, 6) is -0.736. The Morgan fingerprint density at radius 1 is 1.33 bits per heavy atom. The van der Waals surface area contributed by atoms with Gasteiger partial charge >= 0.3 is 0 Å². The number of benzene rings is 1. The average molecular weight is 317 g/mol. The Balaban J connectivity index is 2.96. The highest BCUT2D eigenvalue weighted by atomic mass is 32.2. The van der Waals surface area contributed by atoms with Gasteiger partial charge in [-0.15, -0.1) is 0 Å². The van der Waals surface area contributed by atoms with Gasteiger partial charge < -0.3 is 10.2 Å². The van der Waals surface area contributed by atoms with E-state index in [2.05, 4.69) is 10.0 Å². The highest BCUT2D eigenvalue weighted by Crippen LogP contribution is 2.17. The zero-order valence-electron chi connectivity index (χ0n) is 13.0. The molecule has 120 valence electrons. The number of rotatable bonds is 8. The van der Waals surface area contributed by atoms with Gasteiger partial charge in [0, 0.05) is 19.1 Å². The van der Waals surface area contributed by atoms with Gasteiger partial charge in [-0.2, -0.15) is 0 Å². The molecule has 0 aliphatic heterocycles. The summed E-state index contributed by atoms with van der Waals surface area (Å²) in [6.45, 7) is 5.51. The summed E-state index contributed by atoms with van der Waals surface area (Å²) in [6, 6.07) is 3.85. The topological polar surface area (TPSA) is 61.4 Å². The minimum Gasteiger partial charge on any atom is -0.313 e. The molecule has 0 aliphatic carbocycles. The Morgan fingerprint density at radius 2 is 2.00 bits per heavy atom. The summed E-state index contributed by atoms with van der Waals surface area (Å²) >= 11 is 0. The Kier molecular flexibility index (Phi) is 6.73. The molecule has 2 N–H and O–H groups in total. The first kappa shape index (κ1) is 18.0. The maximum absolute atomic E-state index is 13.9. The number of sulfonamides is 1. The largest absolute Gasteiger partial charge is 0.313 e. The van der Waals surface area contributed by atoms with Crippen molar-refractivity contribution < 1.29 is 12.8 Å². The highest BCUT2D eigenvalue weighted by molar-refractivity contribution is 7.89. The van der Waals surface area contributed by atoms with Crippen LogP contribution in [0.25, 0.3) is 0 Å². The zero-order valence-corrected chi connectivity index (χ0v) is 13.8. The van der Waals surface area contributed by atoms with Crippen molar-refractivity contribution in [3.63, 3.8) is 0 Å². The molecule has 1 aromatic rings. The van der Waals surface area contributed by atoms with E-state index in [0.717, 1.165) is 12.1 Å². The molecule has 1 rings (SSSR count). The predicted molar refractivity (Wildman–Crippen MR) is 82.1 cm³/mol. The van der Waals surface area contributed by atoms with Crippen molar-refractivity contribution in [2.75, 3.05) is 27.2 Å². The van der Waals surface area contributed by atoms with E-state index in [0.29, 0.717) is 13.1 Å². The second-order valence-electron chi connectivity index (χ2n) is 5.33. The Bertz CT molecular complexity index is 561. The monoisotopic (exact) mass is 317 g/mol. The molecule has 0 radical (unpaired) electrons. The lowest BCUT2D eigenvalue weighted by Crippen LogP contribution is -2.39. The molecule has 1 aromatic carbocycles. The van der Waals surface area contributed by atoms with Gasteiger partial charge in [0.25, 0.3) is 0 Å². The average Bonchev–Trinajstić information content (AvgIpc) is 2.35. The van der Waals surface area contributed by atoms with Crippen LogP contribution in [0.1, 0.15) is 19.4 Å². The van der Waals surface area contributed by atoms with Crippen molar-refractivity contribution in [1.29, 1.82) is 0 Å². The van der Waals surface area contributed by atoms with Gasteiger partial charge in [0.2, 0.25) is 10.0 Å². The van der Waals surface area contributed by atoms with Crippen molar-refractivity contribution in [3.8, 4) is 0 Å². The number of hydrogen-bond acceptors (Lipinski definition) is 4. The fourth-order valence-electron chi connectivity index (χ4n) is 2.05. The van der Waals surface area contributed by atoms with Crippen LogP contribution in [0.15, 0.2) is 23.1 Å². The zero-order chi connectivity index (χ0) is 16.0. The van der Waals surface area contributed by atoms with Crippen LogP contribution >= 0.6 is 0 Å². The minimum atomic E-state index is -3.86. The summed E-state index contributed by atoms with van der Waals surface area (Å²) < 4.78 is 40.9. The molecule has 1 unspecified atom stereocenters. The molecule has 0 fully saturated rings. The van der Waals surface area contributed by atoms with Crippen molar-refractivity contribution in [1.82, 2.24) is 14.9 Å². The molecule has 0 aromatic heterocycles. The molecular formula is C14H24FN3O2S. The molecular weight excluding hydrogens is 293 g/mol. The van der Waals surface area contributed by atoms with Gasteiger partial charge in [-0.25, -0.2) is 17.5 Å². The molecule has 7 heteroatoms. The summed E-state index contributed by atoms with van der Waals surface area (Å²) in [6.07, 6.45) is 0. The molecule has 0 spiro atoms. The second-order valence-corrected chi connectivity index (χ2v) is 7.01. The van der Waals surface area contributed by atoms with E-state index in [9.17, 15) is 12.8 Å². The lowest BCUT2D eigenvalue weighted by molar-refractivity contribution is 0.370. The summed E-state index contributed by atoms with van der Waals surface area (Å²) in [7, 11) is -0.164. The number of halogens is 1. The molecule has 21 heavy (non-hydrogen) atoms. The molecule has 0 amide bonds. The number of nitrogens with zero attached hydrogens (tertiary/aromatic N) is 1. The van der Waals surface area contributed by atoms with Gasteiger partial charge in [0.05, 0.1) is 0 Å². The maximum atomic E-state index is 13.9. The van der Waals surface area contributed by atoms with Crippen LogP contribution in [0.2, 0.25) is 0 Å². The molecule has 0 saturated carbocycles. The summed E-state index contributed by atoms with van der Waals surface area (Å²) in [5.41, 5.74) is 0.735. The minimum absolute atomic E-state index is 0.302. The lowest BCUT2D eigenvalue weighted by atomic mass is 10.2. The Hall–Kier alpha value is -1.02. The number of likely N-dealkylation sites (N-methyl/N-ethyl adjacent to an activating group) is 1. The predicted octanol–water partition coefficient (Wildman–Crippen LogP) is 1.16. The standard InChI is InChI=1S/C14H24FN3O2S/c1-5-16-9-12-6-7-13(15)14(8-12)21(19,20)17-11(2)10-18(3)4/h6-8,11,16-17H,5,9-10H2,1-4H3. The van der Waals surface area contributed by atoms with Gasteiger partial charge in [0.1, 0.15) is 10.7 Å². The molecule has 0 saturated heterocycles. The van der Waals surface area contributed by atoms with Crippen LogP contribution in [0.3, 0.4) is 0 Å². The summed E-state index contributed by atoms with van der Waals surface area (Å²) in [5, 5.41) is 3.09. The van der Waals surface area contributed by atoms with Crippen LogP contribution < -0.4 is 10.0 Å². The first-order valence-electron chi connectivity index (χ1n) is 6.92. The van der Waals surface area contributed by atoms with Crippen LogP contribution in [0.4, 0.5) is 4.39 Å². The third kappa shape index (κ3) is 5.70. The van der Waals surface area contributed by atoms with E-state index in [1.165, 1.54) is 12.1 Å². The molecule has 0 bridgehead atoms. The molecule has 5 nitrogen and oxygen atoms in total. The fraction of sp³-hybridized carbons (Fsp3) is 0.571. The second kappa shape index (κ2) is 7.84. The lowest BCUT2D eigenvalue weighted by Gasteiger charge is -2.18. The van der Waals surface area contributed by atoms with E-state index in [1.54, 1.807) is 13.0 Å². The van der Waals surface area contributed by atoms with E-state index in [1.807, 2.05) is 25.9 Å². The first-order valence-corrected chi connectivity index (χ1v) is 8.40. The van der Waals surface area contributed by atoms with Crippen molar-refractivity contribution in [2.24, 2.45) is 0 Å². The van der Waals surface area contributed by atoms with Gasteiger partial charge in [0.15, 0.2) is 0 Å². The number of nitrogens with one attached hydrogen (secondary N) is 2.